The van der Waals surface area contributed by atoms with Crippen LogP contribution in [-0.4, -0.2) is 11.0 Å². The molecule has 3 nitrogen and oxygen atoms in total. The lowest BCUT2D eigenvalue weighted by Crippen LogP contribution is -1.86. The summed E-state index contributed by atoms with van der Waals surface area (Å²) in [6, 6.07) is 5.56. The first-order valence-electron chi connectivity index (χ1n) is 3.22. The van der Waals surface area contributed by atoms with Gasteiger partial charge in [0, 0.05) is 23.9 Å². The Balaban J connectivity index is 2.29. The van der Waals surface area contributed by atoms with Crippen molar-refractivity contribution in [3.8, 4) is 0 Å². The fourth-order valence-electron chi connectivity index (χ4n) is 0.496. The van der Waals surface area contributed by atoms with Gasteiger partial charge in [-0.1, -0.05) is 6.07 Å². The summed E-state index contributed by atoms with van der Waals surface area (Å²) in [5.41, 5.74) is 0. The van der Waals surface area contributed by atoms with E-state index >= 15 is 0 Å². The van der Waals surface area contributed by atoms with Crippen molar-refractivity contribution in [1.29, 1.82) is 0 Å². The Bertz CT molecular complexity index is 253. The van der Waals surface area contributed by atoms with Crippen LogP contribution in [0.5, 0.6) is 0 Å². The Morgan fingerprint density at radius 1 is 1.58 bits per heavy atom. The molecule has 0 unspecified atom stereocenters. The van der Waals surface area contributed by atoms with Gasteiger partial charge in [0.25, 0.3) is 0 Å². The molecular weight excluding hydrogens is 194 g/mol. The molecule has 0 aliphatic heterocycles. The fourth-order valence-corrected chi connectivity index (χ4v) is 1.83. The highest BCUT2D eigenvalue weighted by Crippen LogP contribution is 2.29. The third-order valence-electron chi connectivity index (χ3n) is 0.909. The van der Waals surface area contributed by atoms with Crippen molar-refractivity contribution in [3.05, 3.63) is 24.4 Å². The minimum Gasteiger partial charge on any atom is -0.379 e. The number of carbonyl (C=O) groups excluding carboxylic acids is 1. The van der Waals surface area contributed by atoms with Crippen molar-refractivity contribution in [2.24, 2.45) is 0 Å². The van der Waals surface area contributed by atoms with Crippen LogP contribution in [0, 0.1) is 0 Å². The largest absolute Gasteiger partial charge is 0.379 e. The molecule has 0 saturated heterocycles. The van der Waals surface area contributed by atoms with E-state index in [9.17, 15) is 4.79 Å². The number of pyridine rings is 1. The molecule has 64 valence electrons. The molecule has 0 saturated carbocycles. The van der Waals surface area contributed by atoms with E-state index in [1.807, 2.05) is 18.2 Å². The number of rotatable bonds is 3. The van der Waals surface area contributed by atoms with Crippen LogP contribution >= 0.6 is 21.9 Å². The number of hydrogen-bond acceptors (Lipinski definition) is 5. The Hall–Kier alpha value is -0.680. The van der Waals surface area contributed by atoms with Crippen LogP contribution in [0.2, 0.25) is 0 Å². The molecule has 0 atom stereocenters. The van der Waals surface area contributed by atoms with Gasteiger partial charge in [-0.2, -0.15) is 0 Å². The maximum atomic E-state index is 10.4. The number of aromatic nitrogens is 1. The van der Waals surface area contributed by atoms with E-state index in [-0.39, 0.29) is 5.97 Å². The van der Waals surface area contributed by atoms with E-state index in [1.165, 1.54) is 17.7 Å². The van der Waals surface area contributed by atoms with Gasteiger partial charge < -0.3 is 4.18 Å². The van der Waals surface area contributed by atoms with E-state index in [2.05, 4.69) is 9.17 Å². The standard InChI is InChI=1S/C7H7NO2S2/c1-6(9)10-12-11-7-4-2-3-5-8-7/h2-5H,1H3. The number of hydrogen-bond donors (Lipinski definition) is 0. The molecule has 0 bridgehead atoms. The second-order valence-electron chi connectivity index (χ2n) is 1.89. The van der Waals surface area contributed by atoms with Gasteiger partial charge in [-0.3, -0.25) is 4.79 Å². The Morgan fingerprint density at radius 3 is 3.00 bits per heavy atom. The predicted octanol–water partition coefficient (Wildman–Crippen LogP) is 2.30. The van der Waals surface area contributed by atoms with Crippen molar-refractivity contribution >= 4 is 27.8 Å². The molecule has 1 aromatic rings. The molecule has 1 aromatic heterocycles. The van der Waals surface area contributed by atoms with Crippen molar-refractivity contribution in [3.63, 3.8) is 0 Å². The van der Waals surface area contributed by atoms with Gasteiger partial charge in [0.05, 0.1) is 0 Å². The summed E-state index contributed by atoms with van der Waals surface area (Å²) in [6.45, 7) is 1.37. The summed E-state index contributed by atoms with van der Waals surface area (Å²) in [5, 5.41) is 0.823. The average Bonchev–Trinajstić information content (AvgIpc) is 2.05. The Labute approximate surface area is 78.5 Å². The smallest absolute Gasteiger partial charge is 0.315 e. The molecule has 1 rings (SSSR count). The van der Waals surface area contributed by atoms with Gasteiger partial charge in [-0.25, -0.2) is 4.98 Å². The van der Waals surface area contributed by atoms with Gasteiger partial charge in [0.15, 0.2) is 0 Å². The fraction of sp³-hybridized carbons (Fsp3) is 0.143. The van der Waals surface area contributed by atoms with Crippen molar-refractivity contribution in [2.45, 2.75) is 11.9 Å². The molecule has 0 aliphatic carbocycles. The topological polar surface area (TPSA) is 39.2 Å². The molecule has 5 heteroatoms. The lowest BCUT2D eigenvalue weighted by molar-refractivity contribution is -0.130. The van der Waals surface area contributed by atoms with Crippen LogP contribution in [0.4, 0.5) is 0 Å². The number of nitrogens with zero attached hydrogens (tertiary/aromatic N) is 1. The van der Waals surface area contributed by atoms with E-state index in [0.29, 0.717) is 0 Å². The zero-order chi connectivity index (χ0) is 8.81. The summed E-state index contributed by atoms with van der Waals surface area (Å²) < 4.78 is 4.65. The van der Waals surface area contributed by atoms with E-state index in [1.54, 1.807) is 6.20 Å². The molecule has 0 fully saturated rings. The molecule has 1 heterocycles. The Kier molecular flexibility index (Phi) is 3.96. The highest BCUT2D eigenvalue weighted by atomic mass is 33.1. The molecule has 12 heavy (non-hydrogen) atoms. The monoisotopic (exact) mass is 201 g/mol. The average molecular weight is 201 g/mol. The third-order valence-corrected chi connectivity index (χ3v) is 2.61. The molecule has 0 aliphatic rings. The van der Waals surface area contributed by atoms with Gasteiger partial charge in [0.2, 0.25) is 0 Å². The zero-order valence-corrected chi connectivity index (χ0v) is 8.02. The van der Waals surface area contributed by atoms with Crippen LogP contribution < -0.4 is 0 Å². The van der Waals surface area contributed by atoms with Crippen LogP contribution in [0.25, 0.3) is 0 Å². The minimum atomic E-state index is -0.302. The SMILES string of the molecule is CC(=O)OSSc1ccccn1. The quantitative estimate of drug-likeness (QED) is 0.554. The first kappa shape index (κ1) is 9.41. The lowest BCUT2D eigenvalue weighted by Gasteiger charge is -1.96. The summed E-state index contributed by atoms with van der Waals surface area (Å²) in [5.74, 6) is -0.302. The molecule has 0 N–H and O–H groups in total. The lowest BCUT2D eigenvalue weighted by atomic mass is 10.5. The van der Waals surface area contributed by atoms with Gasteiger partial charge in [-0.15, -0.1) is 0 Å². The van der Waals surface area contributed by atoms with Crippen LogP contribution in [0.15, 0.2) is 29.4 Å². The number of carbonyl (C=O) groups is 1. The minimum absolute atomic E-state index is 0.302. The van der Waals surface area contributed by atoms with Gasteiger partial charge >= 0.3 is 5.97 Å². The first-order chi connectivity index (χ1) is 5.79. The first-order valence-corrected chi connectivity index (χ1v) is 5.29. The van der Waals surface area contributed by atoms with E-state index in [4.69, 9.17) is 0 Å². The molecule has 0 amide bonds. The molecular formula is C7H7NO2S2. The summed E-state index contributed by atoms with van der Waals surface area (Å²) in [6.07, 6.45) is 1.69. The van der Waals surface area contributed by atoms with Crippen molar-refractivity contribution < 1.29 is 8.98 Å². The van der Waals surface area contributed by atoms with Crippen molar-refractivity contribution in [2.75, 3.05) is 0 Å². The van der Waals surface area contributed by atoms with E-state index in [0.717, 1.165) is 16.1 Å². The summed E-state index contributed by atoms with van der Waals surface area (Å²) in [4.78, 5) is 14.4. The highest BCUT2D eigenvalue weighted by molar-refractivity contribution is 8.75. The second kappa shape index (κ2) is 5.05. The normalized spacial score (nSPS) is 9.42. The van der Waals surface area contributed by atoms with Gasteiger partial charge in [0.1, 0.15) is 16.1 Å². The third kappa shape index (κ3) is 3.64. The van der Waals surface area contributed by atoms with Crippen molar-refractivity contribution in [1.82, 2.24) is 4.98 Å². The summed E-state index contributed by atoms with van der Waals surface area (Å²) in [7, 11) is 1.31. The summed E-state index contributed by atoms with van der Waals surface area (Å²) >= 11 is 1.02. The molecule has 0 aromatic carbocycles. The highest BCUT2D eigenvalue weighted by Gasteiger charge is 1.97. The van der Waals surface area contributed by atoms with Crippen LogP contribution in [0.1, 0.15) is 6.92 Å². The predicted molar refractivity (Wildman–Crippen MR) is 49.5 cm³/mol. The van der Waals surface area contributed by atoms with Crippen LogP contribution in [-0.2, 0) is 8.98 Å². The van der Waals surface area contributed by atoms with Crippen LogP contribution in [0.3, 0.4) is 0 Å². The van der Waals surface area contributed by atoms with Gasteiger partial charge in [-0.05, 0) is 12.1 Å². The van der Waals surface area contributed by atoms with E-state index < -0.39 is 0 Å². The second-order valence-corrected chi connectivity index (χ2v) is 3.69. The molecule has 0 spiro atoms. The molecule has 0 radical (unpaired) electrons. The maximum absolute atomic E-state index is 10.4. The Morgan fingerprint density at radius 2 is 2.42 bits per heavy atom. The maximum Gasteiger partial charge on any atom is 0.315 e. The zero-order valence-electron chi connectivity index (χ0n) is 6.39.